The molecule has 0 saturated carbocycles. The Hall–Kier alpha value is -1.77. The molecular weight excluding hydrogens is 210 g/mol. The van der Waals surface area contributed by atoms with Gasteiger partial charge >= 0.3 is 0 Å². The van der Waals surface area contributed by atoms with Crippen LogP contribution in [0.1, 0.15) is 19.4 Å². The van der Waals surface area contributed by atoms with Gasteiger partial charge in [-0.25, -0.2) is 0 Å². The van der Waals surface area contributed by atoms with E-state index in [-0.39, 0.29) is 5.41 Å². The van der Waals surface area contributed by atoms with Crippen molar-refractivity contribution in [1.29, 1.82) is 0 Å². The summed E-state index contributed by atoms with van der Waals surface area (Å²) in [5.74, 6) is 0. The maximum absolute atomic E-state index is 4.00. The van der Waals surface area contributed by atoms with Crippen molar-refractivity contribution in [3.63, 3.8) is 0 Å². The molecule has 0 fully saturated rings. The number of hydrogen-bond donors (Lipinski definition) is 1. The van der Waals surface area contributed by atoms with Gasteiger partial charge in [-0.2, -0.15) is 5.10 Å². The van der Waals surface area contributed by atoms with E-state index in [1.54, 1.807) is 0 Å². The average Bonchev–Trinajstić information content (AvgIpc) is 2.87. The largest absolute Gasteiger partial charge is 0.373 e. The van der Waals surface area contributed by atoms with E-state index in [0.717, 1.165) is 12.1 Å². The molecular formula is C14H17N3. The smallest absolute Gasteiger partial charge is 0.0565 e. The monoisotopic (exact) mass is 227 g/mol. The number of hydrogen-bond acceptors (Lipinski definition) is 2. The summed E-state index contributed by atoms with van der Waals surface area (Å²) < 4.78 is 0. The third-order valence-electron chi connectivity index (χ3n) is 3.60. The summed E-state index contributed by atoms with van der Waals surface area (Å²) >= 11 is 0. The number of likely N-dealkylation sites (N-methyl/N-ethyl adjacent to an activating group) is 1. The second-order valence-electron chi connectivity index (χ2n) is 5.46. The zero-order chi connectivity index (χ0) is 12.0. The zero-order valence-electron chi connectivity index (χ0n) is 10.5. The van der Waals surface area contributed by atoms with Crippen LogP contribution in [0.15, 0.2) is 30.6 Å². The molecule has 0 saturated heterocycles. The number of aromatic nitrogens is 2. The minimum absolute atomic E-state index is 0.249. The molecule has 0 amide bonds. The molecule has 88 valence electrons. The lowest BCUT2D eigenvalue weighted by Gasteiger charge is -2.18. The Kier molecular flexibility index (Phi) is 2.05. The molecule has 2 aromatic rings. The van der Waals surface area contributed by atoms with E-state index in [1.807, 2.05) is 12.4 Å². The van der Waals surface area contributed by atoms with E-state index in [9.17, 15) is 0 Å². The lowest BCUT2D eigenvalue weighted by atomic mass is 9.86. The number of rotatable bonds is 1. The molecule has 0 atom stereocenters. The molecule has 2 heterocycles. The van der Waals surface area contributed by atoms with E-state index in [1.165, 1.54) is 16.8 Å². The second-order valence-corrected chi connectivity index (χ2v) is 5.46. The molecule has 0 spiro atoms. The Balaban J connectivity index is 2.12. The predicted molar refractivity (Wildman–Crippen MR) is 70.3 cm³/mol. The van der Waals surface area contributed by atoms with Gasteiger partial charge in [-0.05, 0) is 17.2 Å². The highest BCUT2D eigenvalue weighted by Gasteiger charge is 2.33. The summed E-state index contributed by atoms with van der Waals surface area (Å²) in [5.41, 5.74) is 5.40. The molecule has 1 N–H and O–H groups in total. The first-order valence-electron chi connectivity index (χ1n) is 5.93. The molecule has 0 unspecified atom stereocenters. The van der Waals surface area contributed by atoms with Crippen molar-refractivity contribution in [2.24, 2.45) is 0 Å². The first-order chi connectivity index (χ1) is 8.08. The summed E-state index contributed by atoms with van der Waals surface area (Å²) in [6, 6.07) is 6.70. The molecule has 1 aliphatic heterocycles. The van der Waals surface area contributed by atoms with Crippen LogP contribution in [0.5, 0.6) is 0 Å². The quantitative estimate of drug-likeness (QED) is 0.812. The van der Waals surface area contributed by atoms with Crippen LogP contribution in [0, 0.1) is 0 Å². The molecule has 1 aromatic heterocycles. The van der Waals surface area contributed by atoms with Crippen LogP contribution in [-0.4, -0.2) is 23.8 Å². The number of fused-ring (bicyclic) bond motifs is 1. The van der Waals surface area contributed by atoms with E-state index in [2.05, 4.69) is 54.2 Å². The molecule has 17 heavy (non-hydrogen) atoms. The highest BCUT2D eigenvalue weighted by Crippen LogP contribution is 2.41. The van der Waals surface area contributed by atoms with Crippen LogP contribution in [-0.2, 0) is 5.41 Å². The van der Waals surface area contributed by atoms with E-state index < -0.39 is 0 Å². The summed E-state index contributed by atoms with van der Waals surface area (Å²) in [6.45, 7) is 5.68. The van der Waals surface area contributed by atoms with Crippen molar-refractivity contribution in [3.8, 4) is 11.1 Å². The Labute approximate surface area is 101 Å². The maximum atomic E-state index is 4.00. The van der Waals surface area contributed by atoms with Gasteiger partial charge in [0.2, 0.25) is 0 Å². The lowest BCUT2D eigenvalue weighted by Crippen LogP contribution is -2.24. The number of benzene rings is 1. The zero-order valence-corrected chi connectivity index (χ0v) is 10.5. The van der Waals surface area contributed by atoms with Crippen molar-refractivity contribution in [3.05, 3.63) is 36.2 Å². The van der Waals surface area contributed by atoms with Gasteiger partial charge in [-0.15, -0.1) is 0 Å². The van der Waals surface area contributed by atoms with Gasteiger partial charge in [0.05, 0.1) is 6.20 Å². The minimum atomic E-state index is 0.249. The van der Waals surface area contributed by atoms with Gasteiger partial charge in [0.15, 0.2) is 0 Å². The maximum Gasteiger partial charge on any atom is 0.0565 e. The normalized spacial score (nSPS) is 17.2. The van der Waals surface area contributed by atoms with Crippen LogP contribution in [0.3, 0.4) is 0 Å². The first-order valence-corrected chi connectivity index (χ1v) is 5.93. The molecule has 1 aliphatic rings. The van der Waals surface area contributed by atoms with Crippen LogP contribution in [0.25, 0.3) is 11.1 Å². The van der Waals surface area contributed by atoms with E-state index in [0.29, 0.717) is 0 Å². The Morgan fingerprint density at radius 2 is 2.12 bits per heavy atom. The Bertz CT molecular complexity index is 541. The van der Waals surface area contributed by atoms with Crippen molar-refractivity contribution >= 4 is 5.69 Å². The van der Waals surface area contributed by atoms with E-state index in [4.69, 9.17) is 0 Å². The molecule has 1 aromatic carbocycles. The van der Waals surface area contributed by atoms with Crippen molar-refractivity contribution in [2.75, 3.05) is 18.5 Å². The average molecular weight is 227 g/mol. The first kappa shape index (κ1) is 10.4. The molecule has 3 heteroatoms. The molecule has 0 aliphatic carbocycles. The van der Waals surface area contributed by atoms with Gasteiger partial charge < -0.3 is 4.90 Å². The summed E-state index contributed by atoms with van der Waals surface area (Å²) in [6.07, 6.45) is 3.80. The van der Waals surface area contributed by atoms with Gasteiger partial charge in [-0.1, -0.05) is 26.0 Å². The predicted octanol–water partition coefficient (Wildman–Crippen LogP) is 2.80. The second kappa shape index (κ2) is 3.36. The fraction of sp³-hybridized carbons (Fsp3) is 0.357. The fourth-order valence-corrected chi connectivity index (χ4v) is 2.77. The van der Waals surface area contributed by atoms with Crippen LogP contribution in [0.4, 0.5) is 5.69 Å². The SMILES string of the molecule is CN1CC(C)(C)c2ccc(-c3cn[nH]c3)cc21. The Morgan fingerprint density at radius 1 is 1.29 bits per heavy atom. The number of anilines is 1. The van der Waals surface area contributed by atoms with Gasteiger partial charge in [-0.3, -0.25) is 5.10 Å². The highest BCUT2D eigenvalue weighted by atomic mass is 15.1. The molecule has 0 radical (unpaired) electrons. The van der Waals surface area contributed by atoms with Gasteiger partial charge in [0.25, 0.3) is 0 Å². The molecule has 3 rings (SSSR count). The minimum Gasteiger partial charge on any atom is -0.373 e. The van der Waals surface area contributed by atoms with Gasteiger partial charge in [0.1, 0.15) is 0 Å². The van der Waals surface area contributed by atoms with Crippen LogP contribution >= 0.6 is 0 Å². The highest BCUT2D eigenvalue weighted by molar-refractivity contribution is 5.72. The topological polar surface area (TPSA) is 31.9 Å². The third-order valence-corrected chi connectivity index (χ3v) is 3.60. The van der Waals surface area contributed by atoms with Crippen molar-refractivity contribution < 1.29 is 0 Å². The summed E-state index contributed by atoms with van der Waals surface area (Å²) in [5, 5.41) is 6.86. The number of nitrogens with zero attached hydrogens (tertiary/aromatic N) is 2. The van der Waals surface area contributed by atoms with Gasteiger partial charge in [0, 0.05) is 36.5 Å². The Morgan fingerprint density at radius 3 is 2.82 bits per heavy atom. The van der Waals surface area contributed by atoms with Crippen molar-refractivity contribution in [2.45, 2.75) is 19.3 Å². The molecule has 3 nitrogen and oxygen atoms in total. The summed E-state index contributed by atoms with van der Waals surface area (Å²) in [7, 11) is 2.16. The number of aromatic amines is 1. The van der Waals surface area contributed by atoms with Crippen LogP contribution < -0.4 is 4.90 Å². The number of nitrogens with one attached hydrogen (secondary N) is 1. The molecule has 0 bridgehead atoms. The fourth-order valence-electron chi connectivity index (χ4n) is 2.77. The third kappa shape index (κ3) is 1.54. The lowest BCUT2D eigenvalue weighted by molar-refractivity contribution is 0.563. The van der Waals surface area contributed by atoms with E-state index >= 15 is 0 Å². The van der Waals surface area contributed by atoms with Crippen LogP contribution in [0.2, 0.25) is 0 Å². The number of H-pyrrole nitrogens is 1. The standard InChI is InChI=1S/C14H17N3/c1-14(2)9-17(3)13-6-10(4-5-12(13)14)11-7-15-16-8-11/h4-8H,9H2,1-3H3,(H,15,16). The van der Waals surface area contributed by atoms with Crippen molar-refractivity contribution in [1.82, 2.24) is 10.2 Å². The summed E-state index contributed by atoms with van der Waals surface area (Å²) in [4.78, 5) is 2.33.